The summed E-state index contributed by atoms with van der Waals surface area (Å²) in [7, 11) is 1.77. The molecule has 148 valence electrons. The van der Waals surface area contributed by atoms with Gasteiger partial charge in [0.1, 0.15) is 5.82 Å². The lowest BCUT2D eigenvalue weighted by Crippen LogP contribution is -2.51. The summed E-state index contributed by atoms with van der Waals surface area (Å²) in [5, 5.41) is 0. The molecule has 27 heavy (non-hydrogen) atoms. The van der Waals surface area contributed by atoms with Crippen LogP contribution in [0.4, 0.5) is 4.39 Å². The van der Waals surface area contributed by atoms with Crippen LogP contribution < -0.4 is 0 Å². The van der Waals surface area contributed by atoms with E-state index in [0.717, 1.165) is 57.7 Å². The zero-order chi connectivity index (χ0) is 19.2. The molecule has 6 nitrogen and oxygen atoms in total. The van der Waals surface area contributed by atoms with Crippen molar-refractivity contribution in [2.24, 2.45) is 0 Å². The van der Waals surface area contributed by atoms with Gasteiger partial charge in [0.2, 0.25) is 11.8 Å². The number of likely N-dealkylation sites (N-methyl/N-ethyl adjacent to an activating group) is 1. The van der Waals surface area contributed by atoms with E-state index in [4.69, 9.17) is 0 Å². The average molecular weight is 376 g/mol. The largest absolute Gasteiger partial charge is 0.342 e. The SMILES string of the molecule is CN(Cc1ccc(F)cc1)C(=O)CN1CCN(CC(=O)N2CCCC2)CC1. The number of rotatable bonds is 6. The first-order valence-electron chi connectivity index (χ1n) is 9.72. The summed E-state index contributed by atoms with van der Waals surface area (Å²) in [6.07, 6.45) is 2.24. The van der Waals surface area contributed by atoms with E-state index in [1.807, 2.05) is 4.90 Å². The lowest BCUT2D eigenvalue weighted by atomic mass is 10.2. The minimum absolute atomic E-state index is 0.0564. The van der Waals surface area contributed by atoms with Crippen LogP contribution in [-0.4, -0.2) is 90.8 Å². The molecule has 0 atom stereocenters. The molecule has 7 heteroatoms. The zero-order valence-corrected chi connectivity index (χ0v) is 16.1. The third kappa shape index (κ3) is 5.74. The Morgan fingerprint density at radius 1 is 0.926 bits per heavy atom. The van der Waals surface area contributed by atoms with Crippen LogP contribution in [0.1, 0.15) is 18.4 Å². The number of hydrogen-bond donors (Lipinski definition) is 0. The number of carbonyl (C=O) groups excluding carboxylic acids is 2. The molecule has 0 N–H and O–H groups in total. The maximum absolute atomic E-state index is 13.0. The lowest BCUT2D eigenvalue weighted by molar-refractivity contribution is -0.134. The van der Waals surface area contributed by atoms with Crippen molar-refractivity contribution in [2.75, 3.05) is 59.4 Å². The maximum atomic E-state index is 13.0. The molecule has 2 heterocycles. The first-order chi connectivity index (χ1) is 13.0. The van der Waals surface area contributed by atoms with Gasteiger partial charge in [-0.3, -0.25) is 19.4 Å². The number of benzene rings is 1. The Hall–Kier alpha value is -1.99. The fourth-order valence-electron chi connectivity index (χ4n) is 3.63. The molecule has 0 aromatic heterocycles. The Morgan fingerprint density at radius 3 is 2.07 bits per heavy atom. The van der Waals surface area contributed by atoms with Gasteiger partial charge >= 0.3 is 0 Å². The summed E-state index contributed by atoms with van der Waals surface area (Å²) < 4.78 is 13.0. The van der Waals surface area contributed by atoms with Crippen molar-refractivity contribution in [2.45, 2.75) is 19.4 Å². The van der Waals surface area contributed by atoms with Crippen molar-refractivity contribution in [3.05, 3.63) is 35.6 Å². The quantitative estimate of drug-likeness (QED) is 0.744. The van der Waals surface area contributed by atoms with Crippen molar-refractivity contribution >= 4 is 11.8 Å². The molecule has 2 aliphatic heterocycles. The minimum atomic E-state index is -0.270. The van der Waals surface area contributed by atoms with Crippen LogP contribution in [0, 0.1) is 5.82 Å². The summed E-state index contributed by atoms with van der Waals surface area (Å²) in [5.74, 6) is 0.0192. The van der Waals surface area contributed by atoms with Gasteiger partial charge in [-0.2, -0.15) is 0 Å². The van der Waals surface area contributed by atoms with Crippen molar-refractivity contribution in [3.8, 4) is 0 Å². The molecule has 0 bridgehead atoms. The second-order valence-corrected chi connectivity index (χ2v) is 7.52. The van der Waals surface area contributed by atoms with E-state index < -0.39 is 0 Å². The van der Waals surface area contributed by atoms with Gasteiger partial charge in [-0.25, -0.2) is 4.39 Å². The number of halogens is 1. The molecule has 2 saturated heterocycles. The van der Waals surface area contributed by atoms with E-state index in [1.54, 1.807) is 24.1 Å². The van der Waals surface area contributed by atoms with Gasteiger partial charge in [-0.05, 0) is 30.5 Å². The molecule has 3 rings (SSSR count). The Bertz CT molecular complexity index is 638. The number of amides is 2. The Morgan fingerprint density at radius 2 is 1.48 bits per heavy atom. The van der Waals surface area contributed by atoms with Gasteiger partial charge in [0.05, 0.1) is 13.1 Å². The standard InChI is InChI=1S/C20H29FN4O2/c1-22(14-17-4-6-18(21)7-5-17)19(26)15-23-10-12-24(13-11-23)16-20(27)25-8-2-3-9-25/h4-7H,2-3,8-16H2,1H3. The third-order valence-corrected chi connectivity index (χ3v) is 5.40. The second kappa shape index (κ2) is 9.28. The molecule has 2 aliphatic rings. The minimum Gasteiger partial charge on any atom is -0.342 e. The smallest absolute Gasteiger partial charge is 0.236 e. The summed E-state index contributed by atoms with van der Waals surface area (Å²) in [4.78, 5) is 32.7. The highest BCUT2D eigenvalue weighted by Gasteiger charge is 2.24. The highest BCUT2D eigenvalue weighted by atomic mass is 19.1. The van der Waals surface area contributed by atoms with E-state index in [0.29, 0.717) is 19.6 Å². The second-order valence-electron chi connectivity index (χ2n) is 7.52. The van der Waals surface area contributed by atoms with Crippen LogP contribution in [0.3, 0.4) is 0 Å². The van der Waals surface area contributed by atoms with Crippen molar-refractivity contribution in [3.63, 3.8) is 0 Å². The lowest BCUT2D eigenvalue weighted by Gasteiger charge is -2.35. The van der Waals surface area contributed by atoms with Crippen molar-refractivity contribution < 1.29 is 14.0 Å². The van der Waals surface area contributed by atoms with Gasteiger partial charge < -0.3 is 9.80 Å². The van der Waals surface area contributed by atoms with Crippen molar-refractivity contribution in [1.82, 2.24) is 19.6 Å². The summed E-state index contributed by atoms with van der Waals surface area (Å²) in [6.45, 7) is 6.36. The van der Waals surface area contributed by atoms with Crippen molar-refractivity contribution in [1.29, 1.82) is 0 Å². The van der Waals surface area contributed by atoms with E-state index in [2.05, 4.69) is 9.80 Å². The van der Waals surface area contributed by atoms with E-state index in [1.165, 1.54) is 12.1 Å². The van der Waals surface area contributed by atoms with Gasteiger partial charge in [0.25, 0.3) is 0 Å². The Labute approximate surface area is 160 Å². The van der Waals surface area contributed by atoms with E-state index >= 15 is 0 Å². The van der Waals surface area contributed by atoms with E-state index in [9.17, 15) is 14.0 Å². The predicted octanol–water partition coefficient (Wildman–Crippen LogP) is 1.02. The molecule has 0 radical (unpaired) electrons. The summed E-state index contributed by atoms with van der Waals surface area (Å²) in [6, 6.07) is 6.23. The molecular weight excluding hydrogens is 347 g/mol. The highest BCUT2D eigenvalue weighted by Crippen LogP contribution is 2.10. The van der Waals surface area contributed by atoms with Crippen LogP contribution >= 0.6 is 0 Å². The van der Waals surface area contributed by atoms with Gasteiger partial charge in [0, 0.05) is 52.9 Å². The number of piperazine rings is 1. The number of nitrogens with zero attached hydrogens (tertiary/aromatic N) is 4. The summed E-state index contributed by atoms with van der Waals surface area (Å²) in [5.41, 5.74) is 0.914. The number of carbonyl (C=O) groups is 2. The normalized spacial score (nSPS) is 18.7. The van der Waals surface area contributed by atoms with E-state index in [-0.39, 0.29) is 17.6 Å². The molecule has 0 spiro atoms. The fourth-order valence-corrected chi connectivity index (χ4v) is 3.63. The summed E-state index contributed by atoms with van der Waals surface area (Å²) >= 11 is 0. The highest BCUT2D eigenvalue weighted by molar-refractivity contribution is 5.79. The molecule has 1 aromatic carbocycles. The molecular formula is C20H29FN4O2. The molecule has 0 unspecified atom stereocenters. The fraction of sp³-hybridized carbons (Fsp3) is 0.600. The van der Waals surface area contributed by atoms with Crippen LogP contribution in [0.25, 0.3) is 0 Å². The van der Waals surface area contributed by atoms with Gasteiger partial charge in [-0.15, -0.1) is 0 Å². The van der Waals surface area contributed by atoms with Gasteiger partial charge in [0.15, 0.2) is 0 Å². The van der Waals surface area contributed by atoms with Gasteiger partial charge in [-0.1, -0.05) is 12.1 Å². The van der Waals surface area contributed by atoms with Crippen LogP contribution in [0.15, 0.2) is 24.3 Å². The average Bonchev–Trinajstić information content (AvgIpc) is 3.20. The first-order valence-corrected chi connectivity index (χ1v) is 9.72. The third-order valence-electron chi connectivity index (χ3n) is 5.40. The first kappa shape index (κ1) is 19.8. The van der Waals surface area contributed by atoms with Crippen LogP contribution in [-0.2, 0) is 16.1 Å². The van der Waals surface area contributed by atoms with Crippen LogP contribution in [0.2, 0.25) is 0 Å². The predicted molar refractivity (Wildman–Crippen MR) is 102 cm³/mol. The molecule has 2 fully saturated rings. The Kier molecular flexibility index (Phi) is 6.79. The molecule has 2 amide bonds. The monoisotopic (exact) mass is 376 g/mol. The maximum Gasteiger partial charge on any atom is 0.236 e. The molecule has 0 aliphatic carbocycles. The zero-order valence-electron chi connectivity index (χ0n) is 16.1. The molecule has 1 aromatic rings. The molecule has 0 saturated carbocycles. The van der Waals surface area contributed by atoms with Crippen LogP contribution in [0.5, 0.6) is 0 Å². The topological polar surface area (TPSA) is 47.1 Å². The Balaban J connectivity index is 1.38. The number of hydrogen-bond acceptors (Lipinski definition) is 4. The number of likely N-dealkylation sites (tertiary alicyclic amines) is 1.